The largest absolute Gasteiger partial charge is 0.293 e. The number of carbonyl (C=O) groups is 1. The van der Waals surface area contributed by atoms with Crippen LogP contribution in [-0.2, 0) is 16.6 Å². The van der Waals surface area contributed by atoms with Crippen LogP contribution in [0.25, 0.3) is 0 Å². The third kappa shape index (κ3) is 4.58. The molecule has 3 heterocycles. The van der Waals surface area contributed by atoms with Crippen molar-refractivity contribution in [2.24, 2.45) is 0 Å². The molecule has 0 bridgehead atoms. The first-order valence-electron chi connectivity index (χ1n) is 9.09. The smallest absolute Gasteiger partial charge is 0.243 e. The number of thiophene rings is 1. The van der Waals surface area contributed by atoms with Gasteiger partial charge in [-0.25, -0.2) is 13.1 Å². The zero-order valence-corrected chi connectivity index (χ0v) is 17.9. The number of benzene rings is 1. The van der Waals surface area contributed by atoms with Crippen LogP contribution in [0.2, 0.25) is 0 Å². The summed E-state index contributed by atoms with van der Waals surface area (Å²) in [6.07, 6.45) is 1.78. The minimum Gasteiger partial charge on any atom is -0.293 e. The number of hydrogen-bond acceptors (Lipinski definition) is 8. The summed E-state index contributed by atoms with van der Waals surface area (Å²) < 4.78 is 28.3. The average molecular weight is 450 g/mol. The minimum atomic E-state index is -3.47. The van der Waals surface area contributed by atoms with Gasteiger partial charge in [0.25, 0.3) is 0 Å². The fraction of sp³-hybridized carbons (Fsp3) is 0.333. The predicted octanol–water partition coefficient (Wildman–Crippen LogP) is 2.54. The number of sulfonamides is 1. The van der Waals surface area contributed by atoms with Crippen molar-refractivity contribution in [3.05, 3.63) is 52.2 Å². The number of thioether (sulfide) groups is 1. The summed E-state index contributed by atoms with van der Waals surface area (Å²) in [5.41, 5.74) is 0.468. The molecule has 0 N–H and O–H groups in total. The molecule has 4 rings (SSSR count). The molecule has 1 aliphatic rings. The second kappa shape index (κ2) is 8.74. The number of ketones is 1. The lowest BCUT2D eigenvalue weighted by Crippen LogP contribution is -2.27. The van der Waals surface area contributed by atoms with Gasteiger partial charge >= 0.3 is 0 Å². The third-order valence-electron chi connectivity index (χ3n) is 4.60. The molecule has 0 radical (unpaired) electrons. The van der Waals surface area contributed by atoms with Gasteiger partial charge in [-0.1, -0.05) is 30.0 Å². The first-order valence-corrected chi connectivity index (χ1v) is 12.4. The Labute approximate surface area is 177 Å². The van der Waals surface area contributed by atoms with E-state index in [-0.39, 0.29) is 16.4 Å². The molecule has 0 atom stereocenters. The Kier molecular flexibility index (Phi) is 6.09. The van der Waals surface area contributed by atoms with Crippen molar-refractivity contribution < 1.29 is 13.2 Å². The molecule has 0 aliphatic carbocycles. The Balaban J connectivity index is 1.39. The quantitative estimate of drug-likeness (QED) is 0.385. The van der Waals surface area contributed by atoms with E-state index < -0.39 is 10.0 Å². The lowest BCUT2D eigenvalue weighted by Gasteiger charge is -2.15. The molecule has 1 aliphatic heterocycles. The van der Waals surface area contributed by atoms with Gasteiger partial charge in [0.05, 0.1) is 17.2 Å². The second-order valence-electron chi connectivity index (χ2n) is 6.55. The number of hydrogen-bond donors (Lipinski definition) is 0. The second-order valence-corrected chi connectivity index (χ2v) is 10.5. The standard InChI is InChI=1S/C18H19N5O3S3/c24-17(13-28-18-19-20-21-23(18)12-15-4-3-11-27-15)14-5-7-16(8-6-14)29(25,26)22-9-1-2-10-22/h3-8,11H,1-2,9-10,12-13H2. The number of rotatable bonds is 8. The van der Waals surface area contributed by atoms with E-state index in [2.05, 4.69) is 15.5 Å². The molecule has 0 saturated carbocycles. The Morgan fingerprint density at radius 1 is 1.14 bits per heavy atom. The highest BCUT2D eigenvalue weighted by Gasteiger charge is 2.27. The van der Waals surface area contributed by atoms with Crippen molar-refractivity contribution in [3.63, 3.8) is 0 Å². The van der Waals surface area contributed by atoms with Crippen molar-refractivity contribution in [2.75, 3.05) is 18.8 Å². The Morgan fingerprint density at radius 2 is 1.90 bits per heavy atom. The molecule has 2 aromatic heterocycles. The van der Waals surface area contributed by atoms with Crippen LogP contribution in [0.4, 0.5) is 0 Å². The van der Waals surface area contributed by atoms with E-state index in [9.17, 15) is 13.2 Å². The summed E-state index contributed by atoms with van der Waals surface area (Å²) in [5, 5.41) is 14.2. The van der Waals surface area contributed by atoms with Gasteiger partial charge in [0.15, 0.2) is 5.78 Å². The summed E-state index contributed by atoms with van der Waals surface area (Å²) in [5.74, 6) is 0.0639. The molecule has 1 aromatic carbocycles. The highest BCUT2D eigenvalue weighted by molar-refractivity contribution is 7.99. The average Bonchev–Trinajstić information content (AvgIpc) is 3.49. The van der Waals surface area contributed by atoms with Crippen LogP contribution in [0.1, 0.15) is 28.1 Å². The maximum atomic E-state index is 12.6. The molecule has 0 spiro atoms. The zero-order valence-electron chi connectivity index (χ0n) is 15.5. The monoisotopic (exact) mass is 449 g/mol. The SMILES string of the molecule is O=C(CSc1nnnn1Cc1cccs1)c1ccc(S(=O)(=O)N2CCCC2)cc1. The van der Waals surface area contributed by atoms with Crippen molar-refractivity contribution in [3.8, 4) is 0 Å². The first kappa shape index (κ1) is 20.2. The van der Waals surface area contributed by atoms with Gasteiger partial charge in [0, 0.05) is 23.5 Å². The van der Waals surface area contributed by atoms with E-state index in [0.717, 1.165) is 17.7 Å². The van der Waals surface area contributed by atoms with Crippen LogP contribution in [-0.4, -0.2) is 57.6 Å². The van der Waals surface area contributed by atoms with E-state index in [1.807, 2.05) is 17.5 Å². The van der Waals surface area contributed by atoms with Crippen LogP contribution in [0.5, 0.6) is 0 Å². The topological polar surface area (TPSA) is 98.0 Å². The predicted molar refractivity (Wildman–Crippen MR) is 111 cm³/mol. The number of aromatic nitrogens is 4. The van der Waals surface area contributed by atoms with Crippen molar-refractivity contribution in [1.29, 1.82) is 0 Å². The molecule has 29 heavy (non-hydrogen) atoms. The van der Waals surface area contributed by atoms with Gasteiger partial charge in [-0.15, -0.1) is 16.4 Å². The summed E-state index contributed by atoms with van der Waals surface area (Å²) in [4.78, 5) is 13.9. The lowest BCUT2D eigenvalue weighted by atomic mass is 10.1. The van der Waals surface area contributed by atoms with E-state index in [1.54, 1.807) is 28.2 Å². The molecular weight excluding hydrogens is 430 g/mol. The third-order valence-corrected chi connectivity index (χ3v) is 8.33. The van der Waals surface area contributed by atoms with Gasteiger partial charge in [-0.05, 0) is 46.8 Å². The number of tetrazole rings is 1. The van der Waals surface area contributed by atoms with Gasteiger partial charge in [0.1, 0.15) is 0 Å². The molecule has 3 aromatic rings. The van der Waals surface area contributed by atoms with E-state index in [4.69, 9.17) is 0 Å². The number of carbonyl (C=O) groups excluding carboxylic acids is 1. The van der Waals surface area contributed by atoms with E-state index in [0.29, 0.717) is 30.4 Å². The minimum absolute atomic E-state index is 0.106. The Bertz CT molecular complexity index is 1070. The fourth-order valence-corrected chi connectivity index (χ4v) is 6.03. The molecule has 152 valence electrons. The van der Waals surface area contributed by atoms with Gasteiger partial charge in [-0.2, -0.15) is 4.31 Å². The van der Waals surface area contributed by atoms with Crippen LogP contribution in [0.3, 0.4) is 0 Å². The van der Waals surface area contributed by atoms with E-state index in [1.165, 1.54) is 28.2 Å². The summed E-state index contributed by atoms with van der Waals surface area (Å²) in [6, 6.07) is 10.1. The summed E-state index contributed by atoms with van der Waals surface area (Å²) >= 11 is 2.88. The Hall–Kier alpha value is -2.08. The van der Waals surface area contributed by atoms with Crippen molar-refractivity contribution >= 4 is 38.9 Å². The van der Waals surface area contributed by atoms with Crippen LogP contribution in [0.15, 0.2) is 51.8 Å². The summed E-state index contributed by atoms with van der Waals surface area (Å²) in [7, 11) is -3.47. The highest BCUT2D eigenvalue weighted by Crippen LogP contribution is 2.22. The van der Waals surface area contributed by atoms with Crippen molar-refractivity contribution in [1.82, 2.24) is 24.5 Å². The Morgan fingerprint density at radius 3 is 2.59 bits per heavy atom. The van der Waals surface area contributed by atoms with Crippen LogP contribution in [0, 0.1) is 0 Å². The first-order chi connectivity index (χ1) is 14.0. The van der Waals surface area contributed by atoms with Gasteiger partial charge in [-0.3, -0.25) is 4.79 Å². The van der Waals surface area contributed by atoms with Gasteiger partial charge in [0.2, 0.25) is 15.2 Å². The fourth-order valence-electron chi connectivity index (χ4n) is 3.05. The van der Waals surface area contributed by atoms with Crippen LogP contribution >= 0.6 is 23.1 Å². The molecule has 1 saturated heterocycles. The van der Waals surface area contributed by atoms with Crippen molar-refractivity contribution in [2.45, 2.75) is 29.4 Å². The summed E-state index contributed by atoms with van der Waals surface area (Å²) in [6.45, 7) is 1.67. The molecular formula is C18H19N5O3S3. The van der Waals surface area contributed by atoms with Gasteiger partial charge < -0.3 is 0 Å². The number of Topliss-reactive ketones (excluding diaryl/α,β-unsaturated/α-hetero) is 1. The highest BCUT2D eigenvalue weighted by atomic mass is 32.2. The maximum absolute atomic E-state index is 12.6. The zero-order chi connectivity index (χ0) is 20.3. The molecule has 1 fully saturated rings. The van der Waals surface area contributed by atoms with Crippen LogP contribution < -0.4 is 0 Å². The molecule has 8 nitrogen and oxygen atoms in total. The normalized spacial score (nSPS) is 15.0. The molecule has 0 unspecified atom stereocenters. The number of nitrogens with zero attached hydrogens (tertiary/aromatic N) is 5. The van der Waals surface area contributed by atoms with E-state index >= 15 is 0 Å². The molecule has 0 amide bonds. The lowest BCUT2D eigenvalue weighted by molar-refractivity contribution is 0.102. The molecule has 11 heteroatoms. The maximum Gasteiger partial charge on any atom is 0.243 e.